The quantitative estimate of drug-likeness (QED) is 0.409. The normalized spacial score (nSPS) is 12.0. The zero-order valence-corrected chi connectivity index (χ0v) is 15.2. The first kappa shape index (κ1) is 15.8. The molecule has 0 amide bonds. The minimum Gasteiger partial charge on any atom is -0.454 e. The SMILES string of the molecule is CN(c1ccccc1)c1cccc2c1oc1c(C(C)(C)C)cccc12. The largest absolute Gasteiger partial charge is 0.454 e. The first-order valence-corrected chi connectivity index (χ1v) is 8.70. The second kappa shape index (κ2) is 5.66. The summed E-state index contributed by atoms with van der Waals surface area (Å²) in [6, 6.07) is 23.2. The lowest BCUT2D eigenvalue weighted by atomic mass is 9.86. The average molecular weight is 329 g/mol. The van der Waals surface area contributed by atoms with Crippen molar-refractivity contribution in [3.63, 3.8) is 0 Å². The molecular weight excluding hydrogens is 306 g/mol. The van der Waals surface area contributed by atoms with Crippen molar-refractivity contribution < 1.29 is 4.42 Å². The summed E-state index contributed by atoms with van der Waals surface area (Å²) in [5, 5.41) is 2.35. The molecule has 3 aromatic carbocycles. The molecule has 0 fully saturated rings. The molecule has 0 atom stereocenters. The van der Waals surface area contributed by atoms with E-state index in [0.717, 1.165) is 22.5 Å². The average Bonchev–Trinajstić information content (AvgIpc) is 2.99. The number of fused-ring (bicyclic) bond motifs is 3. The van der Waals surface area contributed by atoms with Gasteiger partial charge in [-0.1, -0.05) is 69.3 Å². The van der Waals surface area contributed by atoms with E-state index in [2.05, 4.69) is 93.4 Å². The minimum absolute atomic E-state index is 0.0406. The molecule has 126 valence electrons. The summed E-state index contributed by atoms with van der Waals surface area (Å²) in [5.41, 5.74) is 5.46. The van der Waals surface area contributed by atoms with E-state index in [9.17, 15) is 0 Å². The highest BCUT2D eigenvalue weighted by molar-refractivity contribution is 6.10. The number of nitrogens with zero attached hydrogens (tertiary/aromatic N) is 1. The molecule has 25 heavy (non-hydrogen) atoms. The fourth-order valence-electron chi connectivity index (χ4n) is 3.45. The van der Waals surface area contributed by atoms with Crippen molar-refractivity contribution in [3.8, 4) is 0 Å². The van der Waals surface area contributed by atoms with E-state index in [0.29, 0.717) is 0 Å². The van der Waals surface area contributed by atoms with Crippen LogP contribution >= 0.6 is 0 Å². The van der Waals surface area contributed by atoms with Crippen molar-refractivity contribution in [1.82, 2.24) is 0 Å². The molecule has 2 heteroatoms. The molecule has 0 aliphatic carbocycles. The van der Waals surface area contributed by atoms with Gasteiger partial charge in [0.1, 0.15) is 5.58 Å². The number of benzene rings is 3. The first-order chi connectivity index (χ1) is 12.0. The van der Waals surface area contributed by atoms with Crippen molar-refractivity contribution in [2.75, 3.05) is 11.9 Å². The molecule has 2 nitrogen and oxygen atoms in total. The van der Waals surface area contributed by atoms with Crippen LogP contribution in [0.1, 0.15) is 26.3 Å². The molecule has 1 aromatic heterocycles. The van der Waals surface area contributed by atoms with Gasteiger partial charge in [0.15, 0.2) is 5.58 Å². The molecule has 0 N–H and O–H groups in total. The summed E-state index contributed by atoms with van der Waals surface area (Å²) in [4.78, 5) is 2.18. The van der Waals surface area contributed by atoms with Crippen LogP contribution in [0, 0.1) is 0 Å². The van der Waals surface area contributed by atoms with Gasteiger partial charge in [0, 0.05) is 29.1 Å². The van der Waals surface area contributed by atoms with E-state index in [1.54, 1.807) is 0 Å². The maximum Gasteiger partial charge on any atom is 0.159 e. The van der Waals surface area contributed by atoms with E-state index < -0.39 is 0 Å². The Labute approximate surface area is 148 Å². The van der Waals surface area contributed by atoms with Crippen molar-refractivity contribution in [1.29, 1.82) is 0 Å². The maximum atomic E-state index is 6.44. The highest BCUT2D eigenvalue weighted by Crippen LogP contribution is 2.40. The van der Waals surface area contributed by atoms with Crippen LogP contribution in [0.4, 0.5) is 11.4 Å². The Hall–Kier alpha value is -2.74. The summed E-state index contributed by atoms with van der Waals surface area (Å²) in [6.45, 7) is 6.68. The smallest absolute Gasteiger partial charge is 0.159 e. The molecule has 0 saturated heterocycles. The summed E-state index contributed by atoms with van der Waals surface area (Å²) in [6.07, 6.45) is 0. The van der Waals surface area contributed by atoms with Crippen molar-refractivity contribution in [2.45, 2.75) is 26.2 Å². The van der Waals surface area contributed by atoms with Crippen LogP contribution in [-0.4, -0.2) is 7.05 Å². The van der Waals surface area contributed by atoms with Crippen LogP contribution in [0.3, 0.4) is 0 Å². The Kier molecular flexibility index (Phi) is 3.57. The third kappa shape index (κ3) is 2.58. The fourth-order valence-corrected chi connectivity index (χ4v) is 3.45. The molecule has 4 aromatic rings. The Morgan fingerprint density at radius 2 is 1.36 bits per heavy atom. The van der Waals surface area contributed by atoms with Crippen molar-refractivity contribution in [3.05, 3.63) is 72.3 Å². The molecule has 4 rings (SSSR count). The molecule has 0 unspecified atom stereocenters. The molecule has 0 spiro atoms. The summed E-state index contributed by atoms with van der Waals surface area (Å²) in [5.74, 6) is 0. The monoisotopic (exact) mass is 329 g/mol. The third-order valence-electron chi connectivity index (χ3n) is 4.82. The number of rotatable bonds is 2. The molecule has 1 heterocycles. The number of hydrogen-bond donors (Lipinski definition) is 0. The lowest BCUT2D eigenvalue weighted by molar-refractivity contribution is 0.573. The standard InChI is InChI=1S/C23H23NO/c1-23(2,3)19-14-8-12-17-18-13-9-15-20(22(18)25-21(17)19)24(4)16-10-6-5-7-11-16/h5-15H,1-4H3. The molecule has 0 aliphatic rings. The molecule has 0 saturated carbocycles. The Morgan fingerprint density at radius 1 is 0.720 bits per heavy atom. The van der Waals surface area contributed by atoms with Gasteiger partial charge in [-0.05, 0) is 23.6 Å². The van der Waals surface area contributed by atoms with E-state index in [1.165, 1.54) is 16.3 Å². The van der Waals surface area contributed by atoms with Gasteiger partial charge in [-0.25, -0.2) is 0 Å². The third-order valence-corrected chi connectivity index (χ3v) is 4.82. The van der Waals surface area contributed by atoms with E-state index in [4.69, 9.17) is 4.42 Å². The number of para-hydroxylation sites is 3. The van der Waals surface area contributed by atoms with Crippen molar-refractivity contribution in [2.24, 2.45) is 0 Å². The predicted molar refractivity (Wildman–Crippen MR) is 107 cm³/mol. The molecule has 0 aliphatic heterocycles. The Balaban J connectivity index is 1.99. The predicted octanol–water partition coefficient (Wildman–Crippen LogP) is 6.65. The zero-order chi connectivity index (χ0) is 17.6. The van der Waals surface area contributed by atoms with Crippen LogP contribution < -0.4 is 4.90 Å². The van der Waals surface area contributed by atoms with Gasteiger partial charge in [0.25, 0.3) is 0 Å². The van der Waals surface area contributed by atoms with Crippen LogP contribution in [0.25, 0.3) is 21.9 Å². The highest BCUT2D eigenvalue weighted by atomic mass is 16.3. The van der Waals surface area contributed by atoms with Gasteiger partial charge in [0.05, 0.1) is 5.69 Å². The molecule has 0 bridgehead atoms. The van der Waals surface area contributed by atoms with Crippen LogP contribution in [0.15, 0.2) is 71.1 Å². The number of furan rings is 1. The van der Waals surface area contributed by atoms with Crippen LogP contribution in [-0.2, 0) is 5.41 Å². The minimum atomic E-state index is 0.0406. The van der Waals surface area contributed by atoms with Gasteiger partial charge in [-0.15, -0.1) is 0 Å². The number of hydrogen-bond acceptors (Lipinski definition) is 2. The summed E-state index contributed by atoms with van der Waals surface area (Å²) < 4.78 is 6.44. The van der Waals surface area contributed by atoms with Gasteiger partial charge in [-0.3, -0.25) is 0 Å². The maximum absolute atomic E-state index is 6.44. The Bertz CT molecular complexity index is 1040. The van der Waals surface area contributed by atoms with Gasteiger partial charge >= 0.3 is 0 Å². The summed E-state index contributed by atoms with van der Waals surface area (Å²) in [7, 11) is 2.09. The lowest BCUT2D eigenvalue weighted by Crippen LogP contribution is -2.11. The topological polar surface area (TPSA) is 16.4 Å². The second-order valence-corrected chi connectivity index (χ2v) is 7.58. The van der Waals surface area contributed by atoms with Crippen LogP contribution in [0.2, 0.25) is 0 Å². The first-order valence-electron chi connectivity index (χ1n) is 8.70. The lowest BCUT2D eigenvalue weighted by Gasteiger charge is -2.19. The van der Waals surface area contributed by atoms with Gasteiger partial charge in [0.2, 0.25) is 0 Å². The zero-order valence-electron chi connectivity index (χ0n) is 15.2. The molecular formula is C23H23NO. The second-order valence-electron chi connectivity index (χ2n) is 7.58. The van der Waals surface area contributed by atoms with E-state index in [-0.39, 0.29) is 5.41 Å². The Morgan fingerprint density at radius 3 is 2.04 bits per heavy atom. The molecule has 0 radical (unpaired) electrons. The highest BCUT2D eigenvalue weighted by Gasteiger charge is 2.22. The van der Waals surface area contributed by atoms with Gasteiger partial charge in [-0.2, -0.15) is 0 Å². The van der Waals surface area contributed by atoms with Gasteiger partial charge < -0.3 is 9.32 Å². The van der Waals surface area contributed by atoms with E-state index in [1.807, 2.05) is 6.07 Å². The number of anilines is 2. The van der Waals surface area contributed by atoms with E-state index >= 15 is 0 Å². The van der Waals surface area contributed by atoms with Crippen LogP contribution in [0.5, 0.6) is 0 Å². The summed E-state index contributed by atoms with van der Waals surface area (Å²) >= 11 is 0. The fraction of sp³-hybridized carbons (Fsp3) is 0.217. The van der Waals surface area contributed by atoms with Crippen molar-refractivity contribution >= 4 is 33.3 Å².